The Hall–Kier alpha value is -2.46. The van der Waals surface area contributed by atoms with Gasteiger partial charge in [0.05, 0.1) is 17.4 Å². The van der Waals surface area contributed by atoms with E-state index in [2.05, 4.69) is 27.5 Å². The Morgan fingerprint density at radius 1 is 1.16 bits per heavy atom. The van der Waals surface area contributed by atoms with Crippen LogP contribution in [0.4, 0.5) is 4.39 Å². The lowest BCUT2D eigenvalue weighted by atomic mass is 10.0. The normalized spacial score (nSPS) is 15.8. The van der Waals surface area contributed by atoms with E-state index in [4.69, 9.17) is 0 Å². The molecule has 1 aromatic carbocycles. The number of nitrogens with one attached hydrogen (secondary N) is 1. The van der Waals surface area contributed by atoms with Crippen molar-refractivity contribution in [2.24, 2.45) is 5.92 Å². The Morgan fingerprint density at radius 3 is 2.47 bits per heavy atom. The predicted octanol–water partition coefficient (Wildman–Crippen LogP) is 2.43. The average Bonchev–Trinajstić information content (AvgIpc) is 3.18. The molecule has 1 fully saturated rings. The van der Waals surface area contributed by atoms with Crippen LogP contribution in [-0.4, -0.2) is 75.4 Å². The van der Waals surface area contributed by atoms with Gasteiger partial charge in [-0.25, -0.2) is 4.39 Å². The molecule has 0 spiro atoms. The highest BCUT2D eigenvalue weighted by atomic mass is 32.2. The topological polar surface area (TPSA) is 83.4 Å². The van der Waals surface area contributed by atoms with Crippen LogP contribution in [0.25, 0.3) is 0 Å². The summed E-state index contributed by atoms with van der Waals surface area (Å²) in [6, 6.07) is 5.45. The minimum atomic E-state index is -0.567. The minimum Gasteiger partial charge on any atom is -0.342 e. The molecule has 1 atom stereocenters. The van der Waals surface area contributed by atoms with Gasteiger partial charge in [0.25, 0.3) is 5.91 Å². The molecule has 0 radical (unpaired) electrons. The molecule has 3 rings (SSSR count). The number of benzene rings is 1. The second kappa shape index (κ2) is 10.9. The molecule has 2 amide bonds. The van der Waals surface area contributed by atoms with Crippen LogP contribution in [0.15, 0.2) is 29.4 Å². The molecule has 1 aliphatic rings. The fraction of sp³-hybridized carbons (Fsp3) is 0.545. The fourth-order valence-electron chi connectivity index (χ4n) is 3.60. The lowest BCUT2D eigenvalue weighted by molar-refractivity contribution is -0.129. The van der Waals surface area contributed by atoms with Gasteiger partial charge in [0.2, 0.25) is 5.91 Å². The molecule has 1 saturated heterocycles. The molecule has 0 aliphatic carbocycles. The molecule has 8 nitrogen and oxygen atoms in total. The molecule has 174 valence electrons. The van der Waals surface area contributed by atoms with Crippen molar-refractivity contribution >= 4 is 23.6 Å². The third-order valence-electron chi connectivity index (χ3n) is 5.59. The first-order chi connectivity index (χ1) is 15.3. The number of hydrogen-bond acceptors (Lipinski definition) is 6. The van der Waals surface area contributed by atoms with Crippen LogP contribution in [0, 0.1) is 11.7 Å². The summed E-state index contributed by atoms with van der Waals surface area (Å²) in [5.41, 5.74) is -0.00640. The van der Waals surface area contributed by atoms with Crippen LogP contribution in [0.2, 0.25) is 0 Å². The number of thioether (sulfide) groups is 1. The van der Waals surface area contributed by atoms with Crippen molar-refractivity contribution in [1.82, 2.24) is 29.9 Å². The second-order valence-electron chi connectivity index (χ2n) is 8.23. The van der Waals surface area contributed by atoms with E-state index in [1.807, 2.05) is 30.2 Å². The Bertz CT molecular complexity index is 942. The van der Waals surface area contributed by atoms with Gasteiger partial charge < -0.3 is 19.7 Å². The average molecular weight is 463 g/mol. The van der Waals surface area contributed by atoms with Gasteiger partial charge in [-0.1, -0.05) is 37.7 Å². The number of rotatable bonds is 8. The Kier molecular flexibility index (Phi) is 8.25. The maximum absolute atomic E-state index is 14.1. The molecule has 1 aromatic heterocycles. The first-order valence-electron chi connectivity index (χ1n) is 10.9. The molecular weight excluding hydrogens is 431 g/mol. The first kappa shape index (κ1) is 24.2. The van der Waals surface area contributed by atoms with E-state index in [0.717, 1.165) is 26.2 Å². The van der Waals surface area contributed by atoms with Crippen LogP contribution in [0.1, 0.15) is 43.0 Å². The maximum atomic E-state index is 14.1. The Labute approximate surface area is 192 Å². The van der Waals surface area contributed by atoms with E-state index in [-0.39, 0.29) is 23.1 Å². The lowest BCUT2D eigenvalue weighted by Crippen LogP contribution is -2.47. The highest BCUT2D eigenvalue weighted by Crippen LogP contribution is 2.26. The minimum absolute atomic E-state index is 0.00467. The molecule has 0 bridgehead atoms. The van der Waals surface area contributed by atoms with E-state index in [0.29, 0.717) is 17.5 Å². The van der Waals surface area contributed by atoms with Gasteiger partial charge in [-0.2, -0.15) is 0 Å². The van der Waals surface area contributed by atoms with Crippen LogP contribution >= 0.6 is 11.8 Å². The summed E-state index contributed by atoms with van der Waals surface area (Å²) < 4.78 is 16.0. The van der Waals surface area contributed by atoms with Crippen molar-refractivity contribution in [3.05, 3.63) is 41.5 Å². The van der Waals surface area contributed by atoms with Crippen LogP contribution in [0.5, 0.6) is 0 Å². The summed E-state index contributed by atoms with van der Waals surface area (Å²) in [7, 11) is 2.05. The zero-order valence-electron chi connectivity index (χ0n) is 19.0. The summed E-state index contributed by atoms with van der Waals surface area (Å²) in [5, 5.41) is 12.2. The van der Waals surface area contributed by atoms with Crippen LogP contribution < -0.4 is 5.32 Å². The van der Waals surface area contributed by atoms with Crippen LogP contribution in [-0.2, 0) is 11.3 Å². The van der Waals surface area contributed by atoms with E-state index >= 15 is 0 Å². The Balaban J connectivity index is 1.71. The van der Waals surface area contributed by atoms with E-state index in [1.54, 1.807) is 12.1 Å². The van der Waals surface area contributed by atoms with Crippen molar-refractivity contribution in [1.29, 1.82) is 0 Å². The number of amides is 2. The highest BCUT2D eigenvalue weighted by molar-refractivity contribution is 7.99. The summed E-state index contributed by atoms with van der Waals surface area (Å²) in [6.07, 6.45) is 0. The molecule has 2 heterocycles. The van der Waals surface area contributed by atoms with Gasteiger partial charge >= 0.3 is 0 Å². The van der Waals surface area contributed by atoms with E-state index in [9.17, 15) is 14.0 Å². The summed E-state index contributed by atoms with van der Waals surface area (Å²) >= 11 is 1.35. The van der Waals surface area contributed by atoms with Gasteiger partial charge in [-0.05, 0) is 32.0 Å². The summed E-state index contributed by atoms with van der Waals surface area (Å²) in [6.45, 7) is 9.71. The largest absolute Gasteiger partial charge is 0.342 e. The number of aromatic nitrogens is 3. The van der Waals surface area contributed by atoms with Crippen LogP contribution in [0.3, 0.4) is 0 Å². The number of carbonyl (C=O) groups is 2. The zero-order chi connectivity index (χ0) is 23.3. The second-order valence-corrected chi connectivity index (χ2v) is 9.18. The zero-order valence-corrected chi connectivity index (χ0v) is 19.9. The number of likely N-dealkylation sites (N-methyl/N-ethyl adjacent to an activating group) is 1. The molecule has 32 heavy (non-hydrogen) atoms. The monoisotopic (exact) mass is 462 g/mol. The standard InChI is InChI=1S/C22H31FN6O2S/c1-5-29-20(19(15(2)3)24-21(31)16-8-6-7-9-17(16)23)25-26-22(29)32-14-18(30)28-12-10-27(4)11-13-28/h6-9,15,19H,5,10-14H2,1-4H3,(H,24,31)/t19-/m0/s1. The quantitative estimate of drug-likeness (QED) is 0.607. The van der Waals surface area contributed by atoms with Gasteiger partial charge in [-0.3, -0.25) is 9.59 Å². The summed E-state index contributed by atoms with van der Waals surface area (Å²) in [5.74, 6) is -0.0825. The SMILES string of the molecule is CCn1c(SCC(=O)N2CCN(C)CC2)nnc1[C@@H](NC(=O)c1ccccc1F)C(C)C. The number of nitrogens with zero attached hydrogens (tertiary/aromatic N) is 5. The third kappa shape index (κ3) is 5.66. The smallest absolute Gasteiger partial charge is 0.254 e. The molecule has 0 unspecified atom stereocenters. The van der Waals surface area contributed by atoms with Gasteiger partial charge in [0.1, 0.15) is 5.82 Å². The lowest BCUT2D eigenvalue weighted by Gasteiger charge is -2.32. The van der Waals surface area contributed by atoms with Crippen molar-refractivity contribution < 1.29 is 14.0 Å². The highest BCUT2D eigenvalue weighted by Gasteiger charge is 2.27. The third-order valence-corrected chi connectivity index (χ3v) is 6.54. The predicted molar refractivity (Wildman–Crippen MR) is 122 cm³/mol. The molecule has 0 saturated carbocycles. The Morgan fingerprint density at radius 2 is 1.84 bits per heavy atom. The number of carbonyl (C=O) groups excluding carboxylic acids is 2. The van der Waals surface area contributed by atoms with Gasteiger partial charge in [-0.15, -0.1) is 10.2 Å². The van der Waals surface area contributed by atoms with Gasteiger partial charge in [0, 0.05) is 32.7 Å². The maximum Gasteiger partial charge on any atom is 0.254 e. The van der Waals surface area contributed by atoms with Crippen molar-refractivity contribution in [3.63, 3.8) is 0 Å². The van der Waals surface area contributed by atoms with E-state index in [1.165, 1.54) is 23.9 Å². The summed E-state index contributed by atoms with van der Waals surface area (Å²) in [4.78, 5) is 29.4. The first-order valence-corrected chi connectivity index (χ1v) is 11.9. The molecule has 10 heteroatoms. The molecule has 2 aromatic rings. The van der Waals surface area contributed by atoms with Crippen molar-refractivity contribution in [3.8, 4) is 0 Å². The molecule has 1 aliphatic heterocycles. The molecule has 1 N–H and O–H groups in total. The number of halogens is 1. The van der Waals surface area contributed by atoms with Crippen molar-refractivity contribution in [2.45, 2.75) is 38.5 Å². The van der Waals surface area contributed by atoms with Crippen molar-refractivity contribution in [2.75, 3.05) is 39.0 Å². The molecular formula is C22H31FN6O2S. The number of piperazine rings is 1. The fourth-order valence-corrected chi connectivity index (χ4v) is 4.51. The van der Waals surface area contributed by atoms with E-state index < -0.39 is 17.8 Å². The van der Waals surface area contributed by atoms with Gasteiger partial charge in [0.15, 0.2) is 11.0 Å². The number of hydrogen-bond donors (Lipinski definition) is 1.